The molecule has 18 heavy (non-hydrogen) atoms. The summed E-state index contributed by atoms with van der Waals surface area (Å²) in [5.74, 6) is 1.30. The summed E-state index contributed by atoms with van der Waals surface area (Å²) in [7, 11) is 0. The van der Waals surface area contributed by atoms with E-state index in [1.54, 1.807) is 0 Å². The molecule has 0 saturated carbocycles. The molecule has 1 rings (SSSR count). The lowest BCUT2D eigenvalue weighted by molar-refractivity contribution is 0.563. The summed E-state index contributed by atoms with van der Waals surface area (Å²) in [6.45, 7) is 3.37. The molecule has 1 aliphatic rings. The van der Waals surface area contributed by atoms with E-state index < -0.39 is 0 Å². The normalized spacial score (nSPS) is 15.1. The van der Waals surface area contributed by atoms with Gasteiger partial charge in [-0.05, 0) is 25.0 Å². The van der Waals surface area contributed by atoms with E-state index in [9.17, 15) is 0 Å². The molecule has 106 valence electrons. The number of unbranched alkanes of at least 4 members (excludes halogenated alkanes) is 9. The maximum atomic E-state index is 4.50. The van der Waals surface area contributed by atoms with Crippen LogP contribution in [0.1, 0.15) is 84.0 Å². The summed E-state index contributed by atoms with van der Waals surface area (Å²) in [6, 6.07) is 0. The van der Waals surface area contributed by atoms with E-state index in [0.29, 0.717) is 0 Å². The van der Waals surface area contributed by atoms with Crippen LogP contribution < -0.4 is 0 Å². The first-order chi connectivity index (χ1) is 8.93. The van der Waals surface area contributed by atoms with E-state index in [2.05, 4.69) is 11.9 Å². The zero-order valence-electron chi connectivity index (χ0n) is 12.3. The minimum Gasteiger partial charge on any atom is -0.283 e. The minimum absolute atomic E-state index is 1.08. The molecule has 0 atom stereocenters. The van der Waals surface area contributed by atoms with Crippen LogP contribution in [0.2, 0.25) is 0 Å². The average Bonchev–Trinajstić information content (AvgIpc) is 2.89. The summed E-state index contributed by atoms with van der Waals surface area (Å²) in [4.78, 5) is 4.50. The Morgan fingerprint density at radius 2 is 1.50 bits per heavy atom. The number of nitrogens with zero attached hydrogens (tertiary/aromatic N) is 1. The van der Waals surface area contributed by atoms with Gasteiger partial charge >= 0.3 is 0 Å². The summed E-state index contributed by atoms with van der Waals surface area (Å²) in [5.41, 5.74) is 0. The van der Waals surface area contributed by atoms with Gasteiger partial charge in [0.15, 0.2) is 0 Å². The van der Waals surface area contributed by atoms with Crippen LogP contribution in [-0.4, -0.2) is 17.3 Å². The molecule has 0 aromatic carbocycles. The molecule has 1 nitrogen and oxygen atoms in total. The Balaban J connectivity index is 1.71. The molecule has 0 amide bonds. The molecular formula is C16H31NS. The minimum atomic E-state index is 1.08. The molecule has 0 bridgehead atoms. The van der Waals surface area contributed by atoms with Crippen molar-refractivity contribution in [1.29, 1.82) is 0 Å². The second-order valence-corrected chi connectivity index (χ2v) is 6.58. The molecular weight excluding hydrogens is 238 g/mol. The van der Waals surface area contributed by atoms with Gasteiger partial charge in [-0.3, -0.25) is 4.99 Å². The third kappa shape index (κ3) is 9.02. The SMILES string of the molecule is CCCCCCCCCCCCSC1=NCCC1. The van der Waals surface area contributed by atoms with Crippen LogP contribution in [-0.2, 0) is 0 Å². The van der Waals surface area contributed by atoms with Gasteiger partial charge in [0.25, 0.3) is 0 Å². The predicted molar refractivity (Wildman–Crippen MR) is 85.8 cm³/mol. The molecule has 0 spiro atoms. The molecule has 0 N–H and O–H groups in total. The topological polar surface area (TPSA) is 12.4 Å². The Kier molecular flexibility index (Phi) is 10.8. The Hall–Kier alpha value is 0.0200. The van der Waals surface area contributed by atoms with Crippen LogP contribution in [0.15, 0.2) is 4.99 Å². The highest BCUT2D eigenvalue weighted by atomic mass is 32.2. The number of hydrogen-bond donors (Lipinski definition) is 0. The van der Waals surface area contributed by atoms with Gasteiger partial charge in [-0.15, -0.1) is 11.8 Å². The molecule has 1 aliphatic heterocycles. The van der Waals surface area contributed by atoms with E-state index >= 15 is 0 Å². The highest BCUT2D eigenvalue weighted by Crippen LogP contribution is 2.18. The highest BCUT2D eigenvalue weighted by Gasteiger charge is 2.05. The van der Waals surface area contributed by atoms with Crippen molar-refractivity contribution in [2.45, 2.75) is 84.0 Å². The van der Waals surface area contributed by atoms with Gasteiger partial charge in [-0.25, -0.2) is 0 Å². The molecule has 2 heteroatoms. The summed E-state index contributed by atoms with van der Waals surface area (Å²) >= 11 is 2.01. The van der Waals surface area contributed by atoms with Crippen molar-refractivity contribution in [2.24, 2.45) is 4.99 Å². The second kappa shape index (κ2) is 12.1. The van der Waals surface area contributed by atoms with Gasteiger partial charge in [-0.1, -0.05) is 64.7 Å². The smallest absolute Gasteiger partial charge is 0.0676 e. The summed E-state index contributed by atoms with van der Waals surface area (Å²) in [6.07, 6.45) is 16.9. The van der Waals surface area contributed by atoms with E-state index in [4.69, 9.17) is 0 Å². The summed E-state index contributed by atoms with van der Waals surface area (Å²) in [5, 5.41) is 1.42. The van der Waals surface area contributed by atoms with Crippen molar-refractivity contribution in [1.82, 2.24) is 0 Å². The molecule has 0 fully saturated rings. The Bertz CT molecular complexity index is 213. The van der Waals surface area contributed by atoms with Crippen molar-refractivity contribution in [3.63, 3.8) is 0 Å². The van der Waals surface area contributed by atoms with Crippen molar-refractivity contribution in [3.05, 3.63) is 0 Å². The van der Waals surface area contributed by atoms with Crippen molar-refractivity contribution < 1.29 is 0 Å². The van der Waals surface area contributed by atoms with Gasteiger partial charge in [0.2, 0.25) is 0 Å². The van der Waals surface area contributed by atoms with Crippen LogP contribution in [0, 0.1) is 0 Å². The van der Waals surface area contributed by atoms with Gasteiger partial charge in [0.1, 0.15) is 0 Å². The number of aliphatic imine (C=N–C) groups is 1. The fourth-order valence-electron chi connectivity index (χ4n) is 2.41. The van der Waals surface area contributed by atoms with Crippen LogP contribution >= 0.6 is 11.8 Å². The maximum absolute atomic E-state index is 4.50. The molecule has 0 aliphatic carbocycles. The number of thioether (sulfide) groups is 1. The molecule has 0 aromatic heterocycles. The van der Waals surface area contributed by atoms with Crippen LogP contribution in [0.3, 0.4) is 0 Å². The first-order valence-electron chi connectivity index (χ1n) is 8.09. The van der Waals surface area contributed by atoms with Crippen molar-refractivity contribution >= 4 is 16.8 Å². The van der Waals surface area contributed by atoms with Crippen LogP contribution in [0.4, 0.5) is 0 Å². The number of hydrogen-bond acceptors (Lipinski definition) is 2. The molecule has 0 unspecified atom stereocenters. The van der Waals surface area contributed by atoms with Gasteiger partial charge < -0.3 is 0 Å². The Labute approximate surface area is 118 Å². The monoisotopic (exact) mass is 269 g/mol. The third-order valence-corrected chi connectivity index (χ3v) is 4.76. The lowest BCUT2D eigenvalue weighted by atomic mass is 10.1. The van der Waals surface area contributed by atoms with Gasteiger partial charge in [0.05, 0.1) is 5.04 Å². The van der Waals surface area contributed by atoms with Gasteiger partial charge in [0, 0.05) is 6.54 Å². The lowest BCUT2D eigenvalue weighted by Gasteiger charge is -2.02. The summed E-state index contributed by atoms with van der Waals surface area (Å²) < 4.78 is 0. The quantitative estimate of drug-likeness (QED) is 0.430. The Morgan fingerprint density at radius 3 is 2.06 bits per heavy atom. The van der Waals surface area contributed by atoms with E-state index in [1.807, 2.05) is 11.8 Å². The molecule has 0 radical (unpaired) electrons. The maximum Gasteiger partial charge on any atom is 0.0676 e. The first-order valence-corrected chi connectivity index (χ1v) is 9.08. The van der Waals surface area contributed by atoms with Gasteiger partial charge in [-0.2, -0.15) is 0 Å². The fraction of sp³-hybridized carbons (Fsp3) is 0.938. The van der Waals surface area contributed by atoms with E-state index in [0.717, 1.165) is 6.54 Å². The van der Waals surface area contributed by atoms with Crippen molar-refractivity contribution in [2.75, 3.05) is 12.3 Å². The average molecular weight is 269 g/mol. The second-order valence-electron chi connectivity index (χ2n) is 5.41. The lowest BCUT2D eigenvalue weighted by Crippen LogP contribution is -1.89. The fourth-order valence-corrected chi connectivity index (χ4v) is 3.47. The third-order valence-electron chi connectivity index (χ3n) is 3.60. The zero-order chi connectivity index (χ0) is 12.9. The zero-order valence-corrected chi connectivity index (χ0v) is 13.1. The van der Waals surface area contributed by atoms with Crippen LogP contribution in [0.25, 0.3) is 0 Å². The highest BCUT2D eigenvalue weighted by molar-refractivity contribution is 8.13. The largest absolute Gasteiger partial charge is 0.283 e. The predicted octanol–water partition coefficient (Wildman–Crippen LogP) is 5.83. The molecule has 0 aromatic rings. The molecule has 1 heterocycles. The standard InChI is InChI=1S/C16H31NS/c1-2-3-4-5-6-7-8-9-10-11-15-18-16-13-12-14-17-16/h2-15H2,1H3. The van der Waals surface area contributed by atoms with Crippen LogP contribution in [0.5, 0.6) is 0 Å². The first kappa shape index (κ1) is 16.1. The van der Waals surface area contributed by atoms with Crippen molar-refractivity contribution in [3.8, 4) is 0 Å². The number of rotatable bonds is 11. The van der Waals surface area contributed by atoms with E-state index in [-0.39, 0.29) is 0 Å². The van der Waals surface area contributed by atoms with E-state index in [1.165, 1.54) is 87.8 Å². The Morgan fingerprint density at radius 1 is 0.889 bits per heavy atom. The molecule has 0 saturated heterocycles.